The normalized spacial score (nSPS) is 13.1. The molecule has 0 saturated heterocycles. The molecule has 0 amide bonds. The number of nitrogens with zero attached hydrogens (tertiary/aromatic N) is 1. The largest absolute Gasteiger partial charge is 0.405 e. The minimum Gasteiger partial charge on any atom is -0.311 e. The molecule has 1 aromatic rings. The van der Waals surface area contributed by atoms with Crippen LogP contribution < -0.4 is 5.32 Å². The van der Waals surface area contributed by atoms with E-state index in [0.29, 0.717) is 6.54 Å². The van der Waals surface area contributed by atoms with Crippen molar-refractivity contribution >= 4 is 0 Å². The van der Waals surface area contributed by atoms with Crippen molar-refractivity contribution in [1.29, 1.82) is 5.26 Å². The number of rotatable bonds is 4. The Labute approximate surface area is 91.7 Å². The molecule has 1 atom stereocenters. The molecule has 5 heteroatoms. The van der Waals surface area contributed by atoms with Crippen LogP contribution in [0, 0.1) is 17.2 Å². The Kier molecular flexibility index (Phi) is 4.32. The molecule has 0 spiro atoms. The molecular weight excluding hydrogens is 217 g/mol. The monoisotopic (exact) mass is 228 g/mol. The highest BCUT2D eigenvalue weighted by Gasteiger charge is 2.39. The molecule has 1 aromatic carbocycles. The van der Waals surface area contributed by atoms with E-state index in [1.54, 1.807) is 0 Å². The minimum atomic E-state index is -4.46. The standard InChI is InChI=1S/C11H11F3N2/c12-11(13,14)10(6-15)8-16-7-9-4-2-1-3-5-9/h1-5,10,16H,7-8H2. The van der Waals surface area contributed by atoms with Crippen molar-refractivity contribution in [3.05, 3.63) is 35.9 Å². The maximum atomic E-state index is 12.2. The van der Waals surface area contributed by atoms with Crippen LogP contribution in [0.1, 0.15) is 5.56 Å². The van der Waals surface area contributed by atoms with E-state index in [1.807, 2.05) is 30.3 Å². The summed E-state index contributed by atoms with van der Waals surface area (Å²) >= 11 is 0. The zero-order chi connectivity index (χ0) is 12.0. The first-order chi connectivity index (χ1) is 7.54. The van der Waals surface area contributed by atoms with Gasteiger partial charge in [0.25, 0.3) is 0 Å². The maximum Gasteiger partial charge on any atom is 0.405 e. The Morgan fingerprint density at radius 2 is 1.88 bits per heavy atom. The number of nitrogens with one attached hydrogen (secondary N) is 1. The molecule has 86 valence electrons. The van der Waals surface area contributed by atoms with Crippen molar-refractivity contribution in [3.8, 4) is 6.07 Å². The number of nitriles is 1. The molecule has 0 bridgehead atoms. The molecule has 2 nitrogen and oxygen atoms in total. The van der Waals surface area contributed by atoms with Gasteiger partial charge in [0.05, 0.1) is 6.07 Å². The summed E-state index contributed by atoms with van der Waals surface area (Å²) in [5.41, 5.74) is 0.890. The second kappa shape index (κ2) is 5.52. The van der Waals surface area contributed by atoms with Crippen LogP contribution in [0.4, 0.5) is 13.2 Å². The highest BCUT2D eigenvalue weighted by Crippen LogP contribution is 2.24. The summed E-state index contributed by atoms with van der Waals surface area (Å²) in [7, 11) is 0. The van der Waals surface area contributed by atoms with E-state index in [1.165, 1.54) is 6.07 Å². The highest BCUT2D eigenvalue weighted by atomic mass is 19.4. The van der Waals surface area contributed by atoms with Gasteiger partial charge < -0.3 is 5.32 Å². The molecule has 1 unspecified atom stereocenters. The first-order valence-corrected chi connectivity index (χ1v) is 4.75. The zero-order valence-corrected chi connectivity index (χ0v) is 8.46. The molecule has 0 saturated carbocycles. The number of hydrogen-bond donors (Lipinski definition) is 1. The van der Waals surface area contributed by atoms with Gasteiger partial charge in [-0.2, -0.15) is 18.4 Å². The molecule has 1 N–H and O–H groups in total. The van der Waals surface area contributed by atoms with Crippen molar-refractivity contribution in [2.45, 2.75) is 12.7 Å². The van der Waals surface area contributed by atoms with Crippen molar-refractivity contribution in [2.24, 2.45) is 5.92 Å². The van der Waals surface area contributed by atoms with E-state index >= 15 is 0 Å². The zero-order valence-electron chi connectivity index (χ0n) is 8.46. The second-order valence-corrected chi connectivity index (χ2v) is 3.34. The molecule has 0 heterocycles. The van der Waals surface area contributed by atoms with Gasteiger partial charge in [-0.05, 0) is 5.56 Å². The third-order valence-corrected chi connectivity index (χ3v) is 2.07. The molecule has 0 aromatic heterocycles. The third kappa shape index (κ3) is 3.91. The summed E-state index contributed by atoms with van der Waals surface area (Å²) in [5.74, 6) is -1.95. The third-order valence-electron chi connectivity index (χ3n) is 2.07. The van der Waals surface area contributed by atoms with E-state index in [0.717, 1.165) is 5.56 Å². The van der Waals surface area contributed by atoms with Gasteiger partial charge in [0, 0.05) is 13.1 Å². The number of hydrogen-bond acceptors (Lipinski definition) is 2. The van der Waals surface area contributed by atoms with Gasteiger partial charge in [-0.3, -0.25) is 0 Å². The topological polar surface area (TPSA) is 35.8 Å². The van der Waals surface area contributed by atoms with Crippen LogP contribution in [-0.2, 0) is 6.54 Å². The van der Waals surface area contributed by atoms with Gasteiger partial charge in [-0.25, -0.2) is 0 Å². The molecule has 0 fully saturated rings. The summed E-state index contributed by atoms with van der Waals surface area (Å²) in [6, 6.07) is 10.3. The predicted molar refractivity (Wildman–Crippen MR) is 53.3 cm³/mol. The van der Waals surface area contributed by atoms with Crippen LogP contribution in [0.5, 0.6) is 0 Å². The lowest BCUT2D eigenvalue weighted by Crippen LogP contribution is -2.32. The summed E-state index contributed by atoms with van der Waals surface area (Å²) in [6.07, 6.45) is -4.46. The van der Waals surface area contributed by atoms with Gasteiger partial charge >= 0.3 is 6.18 Å². The molecule has 0 radical (unpaired) electrons. The number of halogens is 3. The smallest absolute Gasteiger partial charge is 0.311 e. The fraction of sp³-hybridized carbons (Fsp3) is 0.364. The van der Waals surface area contributed by atoms with E-state index in [-0.39, 0.29) is 6.54 Å². The molecule has 0 aliphatic heterocycles. The van der Waals surface area contributed by atoms with Crippen LogP contribution in [0.2, 0.25) is 0 Å². The van der Waals surface area contributed by atoms with Crippen molar-refractivity contribution in [2.75, 3.05) is 6.54 Å². The van der Waals surface area contributed by atoms with Crippen LogP contribution in [0.3, 0.4) is 0 Å². The first-order valence-electron chi connectivity index (χ1n) is 4.75. The fourth-order valence-corrected chi connectivity index (χ4v) is 1.19. The Balaban J connectivity index is 2.39. The lowest BCUT2D eigenvalue weighted by molar-refractivity contribution is -0.157. The molecule has 16 heavy (non-hydrogen) atoms. The predicted octanol–water partition coefficient (Wildman–Crippen LogP) is 2.48. The average Bonchev–Trinajstić information content (AvgIpc) is 2.24. The lowest BCUT2D eigenvalue weighted by Gasteiger charge is -2.13. The van der Waals surface area contributed by atoms with Crippen molar-refractivity contribution in [3.63, 3.8) is 0 Å². The Morgan fingerprint density at radius 1 is 1.25 bits per heavy atom. The summed E-state index contributed by atoms with van der Waals surface area (Å²) in [5, 5.41) is 11.0. The van der Waals surface area contributed by atoms with Crippen LogP contribution in [-0.4, -0.2) is 12.7 Å². The maximum absolute atomic E-state index is 12.2. The molecule has 0 aliphatic carbocycles. The molecule has 1 rings (SSSR count). The lowest BCUT2D eigenvalue weighted by atomic mass is 10.1. The molecule has 0 aliphatic rings. The summed E-state index contributed by atoms with van der Waals surface area (Å²) in [6.45, 7) is -0.0516. The van der Waals surface area contributed by atoms with Crippen LogP contribution >= 0.6 is 0 Å². The Hall–Kier alpha value is -1.54. The van der Waals surface area contributed by atoms with Gasteiger partial charge in [0.1, 0.15) is 0 Å². The van der Waals surface area contributed by atoms with Crippen LogP contribution in [0.15, 0.2) is 30.3 Å². The van der Waals surface area contributed by atoms with Crippen LogP contribution in [0.25, 0.3) is 0 Å². The first kappa shape index (κ1) is 12.5. The quantitative estimate of drug-likeness (QED) is 0.859. The van der Waals surface area contributed by atoms with Gasteiger partial charge in [0.15, 0.2) is 5.92 Å². The average molecular weight is 228 g/mol. The summed E-state index contributed by atoms with van der Waals surface area (Å²) < 4.78 is 36.6. The minimum absolute atomic E-state index is 0.328. The Bertz CT molecular complexity index is 354. The summed E-state index contributed by atoms with van der Waals surface area (Å²) in [4.78, 5) is 0. The SMILES string of the molecule is N#CC(CNCc1ccccc1)C(F)(F)F. The van der Waals surface area contributed by atoms with Gasteiger partial charge in [-0.1, -0.05) is 30.3 Å². The van der Waals surface area contributed by atoms with Gasteiger partial charge in [-0.15, -0.1) is 0 Å². The van der Waals surface area contributed by atoms with E-state index in [9.17, 15) is 13.2 Å². The number of alkyl halides is 3. The van der Waals surface area contributed by atoms with E-state index in [4.69, 9.17) is 5.26 Å². The molecular formula is C11H11F3N2. The van der Waals surface area contributed by atoms with E-state index < -0.39 is 12.1 Å². The second-order valence-electron chi connectivity index (χ2n) is 3.34. The highest BCUT2D eigenvalue weighted by molar-refractivity contribution is 5.14. The van der Waals surface area contributed by atoms with Crippen molar-refractivity contribution in [1.82, 2.24) is 5.32 Å². The van der Waals surface area contributed by atoms with Gasteiger partial charge in [0.2, 0.25) is 0 Å². The van der Waals surface area contributed by atoms with E-state index in [2.05, 4.69) is 5.32 Å². The number of benzene rings is 1. The Morgan fingerprint density at radius 3 is 2.38 bits per heavy atom. The fourth-order valence-electron chi connectivity index (χ4n) is 1.19. The van der Waals surface area contributed by atoms with Crippen molar-refractivity contribution < 1.29 is 13.2 Å².